The van der Waals surface area contributed by atoms with E-state index in [0.29, 0.717) is 11.5 Å². The van der Waals surface area contributed by atoms with E-state index in [9.17, 15) is 4.79 Å². The first kappa shape index (κ1) is 24.2. The van der Waals surface area contributed by atoms with Crippen molar-refractivity contribution < 1.29 is 4.79 Å². The topological polar surface area (TPSA) is 34.0 Å². The summed E-state index contributed by atoms with van der Waals surface area (Å²) in [6.45, 7) is 7.19. The maximum absolute atomic E-state index is 13.2. The molecular formula is C35H34N2O. The number of carbonyl (C=O) groups excluding carboxylic acids is 1. The fraction of sp³-hybridized carbons (Fsp3) is 0.229. The van der Waals surface area contributed by atoms with Gasteiger partial charge in [0.15, 0.2) is 0 Å². The molecule has 1 amide bonds. The van der Waals surface area contributed by atoms with Crippen LogP contribution in [0.3, 0.4) is 0 Å². The Morgan fingerprint density at radius 1 is 0.868 bits per heavy atom. The van der Waals surface area contributed by atoms with Gasteiger partial charge in [-0.15, -0.1) is 0 Å². The molecule has 0 radical (unpaired) electrons. The molecule has 0 saturated heterocycles. The van der Waals surface area contributed by atoms with Crippen LogP contribution in [0.4, 0.5) is 0 Å². The average Bonchev–Trinajstić information content (AvgIpc) is 3.78. The largest absolute Gasteiger partial charge is 0.346 e. The molecule has 1 atom stereocenters. The van der Waals surface area contributed by atoms with Crippen molar-refractivity contribution in [3.63, 3.8) is 0 Å². The zero-order chi connectivity index (χ0) is 26.2. The highest BCUT2D eigenvalue weighted by molar-refractivity contribution is 5.99. The van der Waals surface area contributed by atoms with Crippen molar-refractivity contribution in [2.75, 3.05) is 0 Å². The maximum Gasteiger partial charge on any atom is 0.251 e. The molecule has 1 aromatic heterocycles. The summed E-state index contributed by atoms with van der Waals surface area (Å²) < 4.78 is 2.36. The van der Waals surface area contributed by atoms with E-state index in [1.54, 1.807) is 0 Å². The summed E-state index contributed by atoms with van der Waals surface area (Å²) in [4.78, 5) is 13.2. The number of benzene rings is 4. The second-order valence-electron chi connectivity index (χ2n) is 10.7. The minimum absolute atomic E-state index is 0.0301. The molecule has 1 fully saturated rings. The Morgan fingerprint density at radius 2 is 1.61 bits per heavy atom. The van der Waals surface area contributed by atoms with Gasteiger partial charge in [-0.1, -0.05) is 78.9 Å². The standard InChI is InChI=1S/C35H34N2O/c1-23-25(3)37(22-26-12-14-28(15-13-26)27-8-5-4-6-9-27)34-19-18-32(21-33(23)34)35(38)36-24(2)30-10-7-11-31(20-30)29-16-17-29/h4-15,18-21,24,29H,16-17,22H2,1-3H3,(H,36,38)/t24-/m0/s1. The van der Waals surface area contributed by atoms with Gasteiger partial charge in [0, 0.05) is 28.7 Å². The quantitative estimate of drug-likeness (QED) is 0.240. The highest BCUT2D eigenvalue weighted by Crippen LogP contribution is 2.40. The number of rotatable bonds is 7. The van der Waals surface area contributed by atoms with Gasteiger partial charge in [-0.05, 0) is 91.1 Å². The van der Waals surface area contributed by atoms with Crippen LogP contribution in [-0.2, 0) is 6.54 Å². The third-order valence-corrected chi connectivity index (χ3v) is 8.11. The van der Waals surface area contributed by atoms with Gasteiger partial charge in [0.1, 0.15) is 0 Å². The first-order chi connectivity index (χ1) is 18.5. The van der Waals surface area contributed by atoms with Crippen molar-refractivity contribution in [3.05, 3.63) is 131 Å². The Balaban J connectivity index is 1.21. The van der Waals surface area contributed by atoms with Gasteiger partial charge < -0.3 is 9.88 Å². The number of amides is 1. The molecule has 1 saturated carbocycles. The zero-order valence-electron chi connectivity index (χ0n) is 22.4. The van der Waals surface area contributed by atoms with Crippen molar-refractivity contribution in [2.24, 2.45) is 0 Å². The molecule has 4 aromatic carbocycles. The molecule has 1 aliphatic rings. The summed E-state index contributed by atoms with van der Waals surface area (Å²) in [5.41, 5.74) is 10.6. The van der Waals surface area contributed by atoms with Crippen LogP contribution >= 0.6 is 0 Å². The number of fused-ring (bicyclic) bond motifs is 1. The first-order valence-electron chi connectivity index (χ1n) is 13.6. The molecule has 1 N–H and O–H groups in total. The van der Waals surface area contributed by atoms with Crippen LogP contribution in [0.1, 0.15) is 70.0 Å². The van der Waals surface area contributed by atoms with Crippen LogP contribution in [0.15, 0.2) is 97.1 Å². The number of hydrogen-bond acceptors (Lipinski definition) is 1. The monoisotopic (exact) mass is 498 g/mol. The molecule has 3 heteroatoms. The minimum Gasteiger partial charge on any atom is -0.346 e. The van der Waals surface area contributed by atoms with Crippen LogP contribution in [0, 0.1) is 13.8 Å². The Bertz CT molecular complexity index is 1610. The average molecular weight is 499 g/mol. The third-order valence-electron chi connectivity index (χ3n) is 8.11. The van der Waals surface area contributed by atoms with Gasteiger partial charge in [0.2, 0.25) is 0 Å². The van der Waals surface area contributed by atoms with Crippen molar-refractivity contribution >= 4 is 16.8 Å². The van der Waals surface area contributed by atoms with Gasteiger partial charge in [0.05, 0.1) is 6.04 Å². The summed E-state index contributed by atoms with van der Waals surface area (Å²) in [6.07, 6.45) is 2.56. The number of aryl methyl sites for hydroxylation is 1. The lowest BCUT2D eigenvalue weighted by Crippen LogP contribution is -2.26. The van der Waals surface area contributed by atoms with Gasteiger partial charge in [-0.25, -0.2) is 0 Å². The number of aromatic nitrogens is 1. The second kappa shape index (κ2) is 9.98. The predicted molar refractivity (Wildman–Crippen MR) is 157 cm³/mol. The predicted octanol–water partition coefficient (Wildman–Crippen LogP) is 8.34. The number of nitrogens with one attached hydrogen (secondary N) is 1. The Hall–Kier alpha value is -4.11. The van der Waals surface area contributed by atoms with E-state index in [4.69, 9.17) is 0 Å². The third kappa shape index (κ3) is 4.77. The van der Waals surface area contributed by atoms with Gasteiger partial charge in [0.25, 0.3) is 5.91 Å². The lowest BCUT2D eigenvalue weighted by Gasteiger charge is -2.16. The van der Waals surface area contributed by atoms with E-state index in [-0.39, 0.29) is 11.9 Å². The summed E-state index contributed by atoms with van der Waals surface area (Å²) in [7, 11) is 0. The van der Waals surface area contributed by atoms with Crippen LogP contribution in [0.5, 0.6) is 0 Å². The molecule has 1 heterocycles. The number of nitrogens with zero attached hydrogens (tertiary/aromatic N) is 1. The molecule has 5 aromatic rings. The van der Waals surface area contributed by atoms with Gasteiger partial charge >= 0.3 is 0 Å². The van der Waals surface area contributed by atoms with Crippen LogP contribution in [-0.4, -0.2) is 10.5 Å². The molecule has 0 spiro atoms. The molecule has 190 valence electrons. The highest BCUT2D eigenvalue weighted by atomic mass is 16.1. The van der Waals surface area contributed by atoms with E-state index < -0.39 is 0 Å². The Kier molecular flexibility index (Phi) is 6.37. The fourth-order valence-corrected chi connectivity index (χ4v) is 5.47. The van der Waals surface area contributed by atoms with Crippen LogP contribution < -0.4 is 5.32 Å². The smallest absolute Gasteiger partial charge is 0.251 e. The summed E-state index contributed by atoms with van der Waals surface area (Å²) >= 11 is 0. The Morgan fingerprint density at radius 3 is 2.34 bits per heavy atom. The molecule has 0 unspecified atom stereocenters. The van der Waals surface area contributed by atoms with E-state index in [2.05, 4.69) is 116 Å². The fourth-order valence-electron chi connectivity index (χ4n) is 5.47. The minimum atomic E-state index is -0.0387. The lowest BCUT2D eigenvalue weighted by atomic mass is 10.0. The second-order valence-corrected chi connectivity index (χ2v) is 10.7. The molecule has 1 aliphatic carbocycles. The van der Waals surface area contributed by atoms with Crippen molar-refractivity contribution in [2.45, 2.75) is 52.1 Å². The van der Waals surface area contributed by atoms with Crippen molar-refractivity contribution in [1.82, 2.24) is 9.88 Å². The van der Waals surface area contributed by atoms with Crippen molar-refractivity contribution in [1.29, 1.82) is 0 Å². The van der Waals surface area contributed by atoms with E-state index in [0.717, 1.165) is 17.4 Å². The van der Waals surface area contributed by atoms with Crippen LogP contribution in [0.2, 0.25) is 0 Å². The SMILES string of the molecule is Cc1c(C)n(Cc2ccc(-c3ccccc3)cc2)c2ccc(C(=O)N[C@@H](C)c3cccc(C4CC4)c3)cc12. The maximum atomic E-state index is 13.2. The lowest BCUT2D eigenvalue weighted by molar-refractivity contribution is 0.0940. The summed E-state index contributed by atoms with van der Waals surface area (Å²) in [5, 5.41) is 4.36. The molecule has 38 heavy (non-hydrogen) atoms. The molecule has 3 nitrogen and oxygen atoms in total. The van der Waals surface area contributed by atoms with E-state index in [1.807, 2.05) is 12.1 Å². The van der Waals surface area contributed by atoms with Crippen molar-refractivity contribution in [3.8, 4) is 11.1 Å². The van der Waals surface area contributed by atoms with Gasteiger partial charge in [-0.2, -0.15) is 0 Å². The van der Waals surface area contributed by atoms with Gasteiger partial charge in [-0.3, -0.25) is 4.79 Å². The number of hydrogen-bond donors (Lipinski definition) is 1. The van der Waals surface area contributed by atoms with E-state index in [1.165, 1.54) is 51.9 Å². The zero-order valence-corrected chi connectivity index (χ0v) is 22.4. The summed E-state index contributed by atoms with van der Waals surface area (Å²) in [6, 6.07) is 34.0. The Labute approximate surface area is 225 Å². The molecular weight excluding hydrogens is 464 g/mol. The number of carbonyl (C=O) groups is 1. The molecule has 0 bridgehead atoms. The highest BCUT2D eigenvalue weighted by Gasteiger charge is 2.24. The molecule has 0 aliphatic heterocycles. The van der Waals surface area contributed by atoms with Crippen LogP contribution in [0.25, 0.3) is 22.0 Å². The first-order valence-corrected chi connectivity index (χ1v) is 13.6. The normalized spacial score (nSPS) is 14.0. The van der Waals surface area contributed by atoms with E-state index >= 15 is 0 Å². The summed E-state index contributed by atoms with van der Waals surface area (Å²) in [5.74, 6) is 0.676. The molecule has 6 rings (SSSR count).